The lowest BCUT2D eigenvalue weighted by atomic mass is 9.97. The zero-order valence-electron chi connectivity index (χ0n) is 21.4. The van der Waals surface area contributed by atoms with Crippen LogP contribution < -0.4 is 15.1 Å². The monoisotopic (exact) mass is 467 g/mol. The van der Waals surface area contributed by atoms with Crippen LogP contribution in [0.1, 0.15) is 41.7 Å². The van der Waals surface area contributed by atoms with Crippen LogP contribution in [-0.4, -0.2) is 24.9 Å². The highest BCUT2D eigenvalue weighted by Gasteiger charge is 2.41. The lowest BCUT2D eigenvalue weighted by molar-refractivity contribution is -0.120. The minimum Gasteiger partial charge on any atom is -0.372 e. The van der Waals surface area contributed by atoms with E-state index >= 15 is 0 Å². The molecule has 0 spiro atoms. The van der Waals surface area contributed by atoms with Crippen molar-refractivity contribution in [1.29, 1.82) is 0 Å². The number of carbonyl (C=O) groups excluding carboxylic acids is 2. The Morgan fingerprint density at radius 2 is 1.34 bits per heavy atom. The van der Waals surface area contributed by atoms with Crippen LogP contribution >= 0.6 is 0 Å². The molecule has 0 unspecified atom stereocenters. The average molecular weight is 468 g/mol. The van der Waals surface area contributed by atoms with E-state index in [2.05, 4.69) is 24.1 Å². The maximum Gasteiger partial charge on any atom is 0.282 e. The van der Waals surface area contributed by atoms with Crippen molar-refractivity contribution in [3.63, 3.8) is 0 Å². The van der Waals surface area contributed by atoms with Gasteiger partial charge in [-0.25, -0.2) is 4.90 Å². The Kier molecular flexibility index (Phi) is 6.79. The van der Waals surface area contributed by atoms with Crippen LogP contribution in [0.2, 0.25) is 0 Å². The fraction of sp³-hybridized carbons (Fsp3) is 0.267. The van der Waals surface area contributed by atoms with Gasteiger partial charge < -0.3 is 10.2 Å². The summed E-state index contributed by atoms with van der Waals surface area (Å²) in [6.07, 6.45) is 0. The number of hydrogen-bond acceptors (Lipinski definition) is 4. The third-order valence-electron chi connectivity index (χ3n) is 6.59. The van der Waals surface area contributed by atoms with Gasteiger partial charge >= 0.3 is 0 Å². The molecule has 0 atom stereocenters. The first-order valence-electron chi connectivity index (χ1n) is 12.1. The summed E-state index contributed by atoms with van der Waals surface area (Å²) in [5, 5.41) is 3.29. The van der Waals surface area contributed by atoms with Gasteiger partial charge in [-0.3, -0.25) is 9.59 Å². The quantitative estimate of drug-likeness (QED) is 0.423. The van der Waals surface area contributed by atoms with Crippen molar-refractivity contribution in [3.8, 4) is 0 Å². The Morgan fingerprint density at radius 1 is 0.743 bits per heavy atom. The number of rotatable bonds is 7. The van der Waals surface area contributed by atoms with Crippen LogP contribution in [0, 0.1) is 27.7 Å². The Morgan fingerprint density at radius 3 is 1.91 bits per heavy atom. The molecule has 5 heteroatoms. The third-order valence-corrected chi connectivity index (χ3v) is 6.59. The molecule has 2 amide bonds. The molecule has 1 heterocycles. The maximum absolute atomic E-state index is 13.8. The first-order valence-corrected chi connectivity index (χ1v) is 12.1. The zero-order valence-corrected chi connectivity index (χ0v) is 21.4. The van der Waals surface area contributed by atoms with Gasteiger partial charge in [-0.2, -0.15) is 0 Å². The fourth-order valence-electron chi connectivity index (χ4n) is 4.75. The van der Waals surface area contributed by atoms with Crippen molar-refractivity contribution in [1.82, 2.24) is 0 Å². The van der Waals surface area contributed by atoms with Gasteiger partial charge in [0.25, 0.3) is 11.8 Å². The van der Waals surface area contributed by atoms with Crippen molar-refractivity contribution in [2.45, 2.75) is 41.5 Å². The Bertz CT molecular complexity index is 1320. The molecule has 5 nitrogen and oxygen atoms in total. The van der Waals surface area contributed by atoms with Crippen molar-refractivity contribution >= 4 is 34.4 Å². The van der Waals surface area contributed by atoms with E-state index in [4.69, 9.17) is 0 Å². The number of anilines is 3. The molecule has 0 radical (unpaired) electrons. The number of nitrogens with one attached hydrogen (secondary N) is 1. The molecule has 1 N–H and O–H groups in total. The number of benzene rings is 3. The van der Waals surface area contributed by atoms with E-state index in [0.717, 1.165) is 52.3 Å². The molecule has 0 saturated heterocycles. The maximum atomic E-state index is 13.8. The Balaban J connectivity index is 1.80. The molecule has 0 aromatic heterocycles. The highest BCUT2D eigenvalue weighted by atomic mass is 16.2. The van der Waals surface area contributed by atoms with E-state index in [-0.39, 0.29) is 11.8 Å². The minimum absolute atomic E-state index is 0.303. The van der Waals surface area contributed by atoms with Crippen LogP contribution in [0.3, 0.4) is 0 Å². The number of hydrogen-bond donors (Lipinski definition) is 1. The molecule has 1 aliphatic rings. The summed E-state index contributed by atoms with van der Waals surface area (Å²) in [7, 11) is 0. The van der Waals surface area contributed by atoms with Gasteiger partial charge in [0.2, 0.25) is 0 Å². The van der Waals surface area contributed by atoms with E-state index < -0.39 is 0 Å². The predicted octanol–water partition coefficient (Wildman–Crippen LogP) is 6.16. The fourth-order valence-corrected chi connectivity index (χ4v) is 4.75. The van der Waals surface area contributed by atoms with Gasteiger partial charge in [-0.1, -0.05) is 41.5 Å². The van der Waals surface area contributed by atoms with Crippen molar-refractivity contribution in [3.05, 3.63) is 94.2 Å². The average Bonchev–Trinajstić information content (AvgIpc) is 3.05. The summed E-state index contributed by atoms with van der Waals surface area (Å²) in [6, 6.07) is 19.7. The summed E-state index contributed by atoms with van der Waals surface area (Å²) in [5.41, 5.74) is 8.01. The smallest absolute Gasteiger partial charge is 0.282 e. The topological polar surface area (TPSA) is 52.7 Å². The molecule has 4 rings (SSSR count). The zero-order chi connectivity index (χ0) is 25.3. The van der Waals surface area contributed by atoms with Gasteiger partial charge in [-0.05, 0) is 88.6 Å². The molecule has 3 aromatic carbocycles. The van der Waals surface area contributed by atoms with Gasteiger partial charge in [0.05, 0.1) is 11.3 Å². The highest BCUT2D eigenvalue weighted by molar-refractivity contribution is 6.46. The molecular weight excluding hydrogens is 434 g/mol. The van der Waals surface area contributed by atoms with Gasteiger partial charge in [0, 0.05) is 24.5 Å². The molecule has 0 bridgehead atoms. The number of amides is 2. The molecule has 35 heavy (non-hydrogen) atoms. The highest BCUT2D eigenvalue weighted by Crippen LogP contribution is 2.36. The molecule has 0 aliphatic carbocycles. The van der Waals surface area contributed by atoms with E-state index in [9.17, 15) is 9.59 Å². The number of aryl methyl sites for hydroxylation is 4. The molecule has 0 fully saturated rings. The standard InChI is InChI=1S/C30H33N3O2/c1-7-32(8-2)24-13-11-23(12-14-24)31-28-27(25-15-9-19(3)17-21(25)5)29(34)33(30(28)35)26-16-10-20(4)18-22(26)6/h9-18,31H,7-8H2,1-6H3. The van der Waals surface area contributed by atoms with E-state index in [1.807, 2.05) is 88.4 Å². The van der Waals surface area contributed by atoms with E-state index in [1.54, 1.807) is 0 Å². The van der Waals surface area contributed by atoms with Gasteiger partial charge in [0.15, 0.2) is 0 Å². The second kappa shape index (κ2) is 9.79. The van der Waals surface area contributed by atoms with Gasteiger partial charge in [0.1, 0.15) is 5.70 Å². The number of imide groups is 1. The van der Waals surface area contributed by atoms with Crippen molar-refractivity contribution < 1.29 is 9.59 Å². The molecule has 3 aromatic rings. The molecular formula is C30H33N3O2. The number of carbonyl (C=O) groups is 2. The van der Waals surface area contributed by atoms with Crippen LogP contribution in [0.25, 0.3) is 5.57 Å². The van der Waals surface area contributed by atoms with E-state index in [1.165, 1.54) is 4.90 Å². The Labute approximate surface area is 208 Å². The van der Waals surface area contributed by atoms with Crippen molar-refractivity contribution in [2.75, 3.05) is 28.2 Å². The lowest BCUT2D eigenvalue weighted by Gasteiger charge is -2.21. The lowest BCUT2D eigenvalue weighted by Crippen LogP contribution is -2.33. The van der Waals surface area contributed by atoms with Crippen LogP contribution in [0.4, 0.5) is 17.1 Å². The molecule has 0 saturated carbocycles. The molecule has 180 valence electrons. The van der Waals surface area contributed by atoms with Crippen LogP contribution in [0.15, 0.2) is 66.4 Å². The SMILES string of the molecule is CCN(CC)c1ccc(NC2=C(c3ccc(C)cc3C)C(=O)N(c3ccc(C)cc3C)C2=O)cc1. The van der Waals surface area contributed by atoms with Crippen LogP contribution in [-0.2, 0) is 9.59 Å². The molecule has 1 aliphatic heterocycles. The minimum atomic E-state index is -0.343. The summed E-state index contributed by atoms with van der Waals surface area (Å²) in [6.45, 7) is 14.0. The second-order valence-electron chi connectivity index (χ2n) is 9.15. The first kappa shape index (κ1) is 24.3. The Hall–Kier alpha value is -3.86. The van der Waals surface area contributed by atoms with Crippen LogP contribution in [0.5, 0.6) is 0 Å². The summed E-state index contributed by atoms with van der Waals surface area (Å²) in [5.74, 6) is -0.652. The number of nitrogens with zero attached hydrogens (tertiary/aromatic N) is 2. The second-order valence-corrected chi connectivity index (χ2v) is 9.15. The van der Waals surface area contributed by atoms with Crippen molar-refractivity contribution in [2.24, 2.45) is 0 Å². The largest absolute Gasteiger partial charge is 0.372 e. The predicted molar refractivity (Wildman–Crippen MR) is 145 cm³/mol. The van der Waals surface area contributed by atoms with Gasteiger partial charge in [-0.15, -0.1) is 0 Å². The summed E-state index contributed by atoms with van der Waals surface area (Å²) < 4.78 is 0. The normalized spacial score (nSPS) is 13.6. The van der Waals surface area contributed by atoms with E-state index in [0.29, 0.717) is 17.0 Å². The third kappa shape index (κ3) is 4.59. The summed E-state index contributed by atoms with van der Waals surface area (Å²) >= 11 is 0. The first-order chi connectivity index (χ1) is 16.7. The summed E-state index contributed by atoms with van der Waals surface area (Å²) in [4.78, 5) is 31.1.